The van der Waals surface area contributed by atoms with Gasteiger partial charge in [0.1, 0.15) is 5.52 Å². The predicted octanol–water partition coefficient (Wildman–Crippen LogP) is 6.43. The average molecular weight is 392 g/mol. The lowest BCUT2D eigenvalue weighted by Crippen LogP contribution is -2.28. The van der Waals surface area contributed by atoms with Gasteiger partial charge in [-0.1, -0.05) is 83.2 Å². The third-order valence-electron chi connectivity index (χ3n) is 5.08. The number of aryl methyl sites for hydroxylation is 2. The molecule has 1 aliphatic rings. The third kappa shape index (κ3) is 5.76. The largest absolute Gasteiger partial charge is 0.250 e. The highest BCUT2D eigenvalue weighted by molar-refractivity contribution is 5.80. The lowest BCUT2D eigenvalue weighted by Gasteiger charge is -2.10. The molecule has 0 amide bonds. The summed E-state index contributed by atoms with van der Waals surface area (Å²) in [5.74, 6) is 1.12. The van der Waals surface area contributed by atoms with E-state index in [1.54, 1.807) is 13.0 Å². The van der Waals surface area contributed by atoms with Gasteiger partial charge in [0.25, 0.3) is 0 Å². The highest BCUT2D eigenvalue weighted by atomic mass is 19.1. The van der Waals surface area contributed by atoms with Crippen LogP contribution in [0, 0.1) is 25.6 Å². The van der Waals surface area contributed by atoms with E-state index in [-0.39, 0.29) is 5.82 Å². The second-order valence-electron chi connectivity index (χ2n) is 7.85. The summed E-state index contributed by atoms with van der Waals surface area (Å²) in [5.41, 5.74) is 3.41. The molecular weight excluding hydrogens is 357 g/mol. The van der Waals surface area contributed by atoms with Gasteiger partial charge in [0, 0.05) is 11.1 Å². The Bertz CT molecular complexity index is 1070. The van der Waals surface area contributed by atoms with Crippen molar-refractivity contribution in [3.8, 4) is 0 Å². The average Bonchev–Trinajstić information content (AvgIpc) is 2.72. The number of hydrogen-bond donors (Lipinski definition) is 0. The molecule has 1 heterocycles. The molecule has 1 aliphatic carbocycles. The summed E-state index contributed by atoms with van der Waals surface area (Å²) in [7, 11) is 0. The van der Waals surface area contributed by atoms with Crippen molar-refractivity contribution in [1.29, 1.82) is 0 Å². The Labute approximate surface area is 175 Å². The van der Waals surface area contributed by atoms with Crippen LogP contribution in [0.1, 0.15) is 63.8 Å². The Balaban J connectivity index is 0.000000191. The van der Waals surface area contributed by atoms with Crippen molar-refractivity contribution in [2.24, 2.45) is 5.92 Å². The second kappa shape index (κ2) is 10.3. The maximum Gasteiger partial charge on any atom is 0.152 e. The van der Waals surface area contributed by atoms with Crippen LogP contribution in [0.4, 0.5) is 4.39 Å². The van der Waals surface area contributed by atoms with Gasteiger partial charge in [-0.15, -0.1) is 0 Å². The molecule has 0 saturated heterocycles. The molecule has 29 heavy (non-hydrogen) atoms. The van der Waals surface area contributed by atoms with Crippen molar-refractivity contribution in [2.75, 3.05) is 0 Å². The van der Waals surface area contributed by atoms with E-state index in [0.29, 0.717) is 22.9 Å². The zero-order valence-electron chi connectivity index (χ0n) is 18.9. The Hall–Kier alpha value is -2.48. The molecule has 3 aromatic rings. The summed E-state index contributed by atoms with van der Waals surface area (Å²) in [6.07, 6.45) is 5.93. The Morgan fingerprint density at radius 3 is 2.34 bits per heavy atom. The van der Waals surface area contributed by atoms with Crippen molar-refractivity contribution >= 4 is 23.1 Å². The molecule has 0 bridgehead atoms. The minimum absolute atomic E-state index is 0.207. The molecule has 0 aliphatic heterocycles. The van der Waals surface area contributed by atoms with Crippen LogP contribution in [-0.4, -0.2) is 4.98 Å². The molecule has 4 rings (SSSR count). The van der Waals surface area contributed by atoms with E-state index in [1.807, 2.05) is 39.0 Å². The predicted molar refractivity (Wildman–Crippen MR) is 125 cm³/mol. The molecule has 0 saturated carbocycles. The number of halogens is 1. The number of fused-ring (bicyclic) bond motifs is 2. The molecule has 0 N–H and O–H groups in total. The SMILES string of the molecule is CC.CC1C=c2cc(C(C)C)ccc2=CC1.Cc1ccc2ccc(C)c(F)c2n1. The highest BCUT2D eigenvalue weighted by Gasteiger charge is 2.05. The summed E-state index contributed by atoms with van der Waals surface area (Å²) in [4.78, 5) is 4.16. The van der Waals surface area contributed by atoms with Crippen molar-refractivity contribution in [3.05, 3.63) is 75.5 Å². The van der Waals surface area contributed by atoms with Crippen molar-refractivity contribution in [1.82, 2.24) is 4.98 Å². The molecule has 0 radical (unpaired) electrons. The first-order chi connectivity index (χ1) is 13.8. The van der Waals surface area contributed by atoms with Crippen LogP contribution >= 0.6 is 0 Å². The molecular formula is C27H34FN. The zero-order valence-corrected chi connectivity index (χ0v) is 18.9. The van der Waals surface area contributed by atoms with Gasteiger partial charge in [-0.2, -0.15) is 0 Å². The first kappa shape index (κ1) is 22.8. The normalized spacial score (nSPS) is 14.6. The van der Waals surface area contributed by atoms with Crippen LogP contribution in [0.2, 0.25) is 0 Å². The van der Waals surface area contributed by atoms with Crippen LogP contribution in [0.25, 0.3) is 23.1 Å². The topological polar surface area (TPSA) is 12.9 Å². The molecule has 1 atom stereocenters. The quantitative estimate of drug-likeness (QED) is 0.466. The first-order valence-corrected chi connectivity index (χ1v) is 10.7. The van der Waals surface area contributed by atoms with Gasteiger partial charge < -0.3 is 0 Å². The fraction of sp³-hybridized carbons (Fsp3) is 0.370. The van der Waals surface area contributed by atoms with Gasteiger partial charge in [-0.05, 0) is 59.7 Å². The lowest BCUT2D eigenvalue weighted by atomic mass is 9.95. The van der Waals surface area contributed by atoms with E-state index in [0.717, 1.165) is 11.1 Å². The van der Waals surface area contributed by atoms with Crippen molar-refractivity contribution < 1.29 is 4.39 Å². The summed E-state index contributed by atoms with van der Waals surface area (Å²) in [6.45, 7) is 14.4. The fourth-order valence-corrected chi connectivity index (χ4v) is 3.32. The van der Waals surface area contributed by atoms with Crippen LogP contribution in [0.15, 0.2) is 42.5 Å². The number of benzene rings is 2. The third-order valence-corrected chi connectivity index (χ3v) is 5.08. The fourth-order valence-electron chi connectivity index (χ4n) is 3.32. The van der Waals surface area contributed by atoms with E-state index in [9.17, 15) is 4.39 Å². The monoisotopic (exact) mass is 391 g/mol. The van der Waals surface area contributed by atoms with Gasteiger partial charge in [0.2, 0.25) is 0 Å². The summed E-state index contributed by atoms with van der Waals surface area (Å²) in [5, 5.41) is 3.69. The molecule has 1 unspecified atom stereocenters. The van der Waals surface area contributed by atoms with E-state index in [2.05, 4.69) is 56.1 Å². The van der Waals surface area contributed by atoms with Crippen molar-refractivity contribution in [3.63, 3.8) is 0 Å². The van der Waals surface area contributed by atoms with E-state index in [4.69, 9.17) is 0 Å². The number of pyridine rings is 1. The van der Waals surface area contributed by atoms with Gasteiger partial charge >= 0.3 is 0 Å². The number of rotatable bonds is 1. The summed E-state index contributed by atoms with van der Waals surface area (Å²) in [6, 6.07) is 14.3. The molecule has 154 valence electrons. The van der Waals surface area contributed by atoms with Gasteiger partial charge in [-0.25, -0.2) is 4.39 Å². The Kier molecular flexibility index (Phi) is 8.13. The van der Waals surface area contributed by atoms with Crippen molar-refractivity contribution in [2.45, 2.75) is 60.8 Å². The number of hydrogen-bond acceptors (Lipinski definition) is 1. The van der Waals surface area contributed by atoms with Gasteiger partial charge in [0.05, 0.1) is 0 Å². The summed E-state index contributed by atoms with van der Waals surface area (Å²) < 4.78 is 13.5. The van der Waals surface area contributed by atoms with Crippen LogP contribution in [0.3, 0.4) is 0 Å². The smallest absolute Gasteiger partial charge is 0.152 e. The Morgan fingerprint density at radius 1 is 0.966 bits per heavy atom. The number of nitrogens with zero attached hydrogens (tertiary/aromatic N) is 1. The van der Waals surface area contributed by atoms with E-state index >= 15 is 0 Å². The minimum atomic E-state index is -0.207. The minimum Gasteiger partial charge on any atom is -0.250 e. The maximum absolute atomic E-state index is 13.5. The second-order valence-corrected chi connectivity index (χ2v) is 7.85. The van der Waals surface area contributed by atoms with Gasteiger partial charge in [-0.3, -0.25) is 4.98 Å². The van der Waals surface area contributed by atoms with Crippen LogP contribution in [-0.2, 0) is 0 Å². The highest BCUT2D eigenvalue weighted by Crippen LogP contribution is 2.18. The maximum atomic E-state index is 13.5. The molecule has 1 nitrogen and oxygen atoms in total. The zero-order chi connectivity index (χ0) is 21.6. The molecule has 1 aromatic heterocycles. The molecule has 0 spiro atoms. The summed E-state index contributed by atoms with van der Waals surface area (Å²) >= 11 is 0. The standard InChI is InChI=1S/C14H18.C11H10FN.C2H6/c1-10(2)13-7-6-12-5-4-11(3)8-14(12)9-13;1-7-3-5-9-6-4-8(2)13-11(9)10(7)12;1-2/h5-11H,4H2,1-3H3;3-6H,1-2H3;1-2H3. The van der Waals surface area contributed by atoms with Gasteiger partial charge in [0.15, 0.2) is 5.82 Å². The van der Waals surface area contributed by atoms with Crippen LogP contribution < -0.4 is 10.4 Å². The lowest BCUT2D eigenvalue weighted by molar-refractivity contribution is 0.627. The molecule has 2 aromatic carbocycles. The Morgan fingerprint density at radius 2 is 1.66 bits per heavy atom. The number of aromatic nitrogens is 1. The first-order valence-electron chi connectivity index (χ1n) is 10.7. The van der Waals surface area contributed by atoms with E-state index < -0.39 is 0 Å². The van der Waals surface area contributed by atoms with E-state index in [1.165, 1.54) is 22.4 Å². The van der Waals surface area contributed by atoms with Crippen LogP contribution in [0.5, 0.6) is 0 Å². The molecule has 2 heteroatoms. The molecule has 0 fully saturated rings.